The van der Waals surface area contributed by atoms with Crippen LogP contribution < -0.4 is 5.73 Å². The van der Waals surface area contributed by atoms with E-state index in [0.29, 0.717) is 12.5 Å². The molecule has 0 radical (unpaired) electrons. The van der Waals surface area contributed by atoms with E-state index in [9.17, 15) is 0 Å². The Kier molecular flexibility index (Phi) is 2.51. The van der Waals surface area contributed by atoms with Crippen molar-refractivity contribution in [3.05, 3.63) is 28.5 Å². The van der Waals surface area contributed by atoms with Gasteiger partial charge in [-0.15, -0.1) is 0 Å². The fourth-order valence-corrected chi connectivity index (χ4v) is 2.13. The van der Waals surface area contributed by atoms with E-state index in [1.807, 2.05) is 6.07 Å². The van der Waals surface area contributed by atoms with Crippen molar-refractivity contribution in [3.63, 3.8) is 0 Å². The van der Waals surface area contributed by atoms with E-state index in [4.69, 9.17) is 17.3 Å². The first-order valence-corrected chi connectivity index (χ1v) is 5.03. The van der Waals surface area contributed by atoms with Crippen molar-refractivity contribution in [1.29, 1.82) is 0 Å². The predicted octanol–water partition coefficient (Wildman–Crippen LogP) is 2.11. The molecule has 0 spiro atoms. The van der Waals surface area contributed by atoms with Gasteiger partial charge >= 0.3 is 0 Å². The molecule has 0 bridgehead atoms. The summed E-state index contributed by atoms with van der Waals surface area (Å²) in [6.07, 6.45) is 5.16. The molecule has 1 aliphatic carbocycles. The van der Waals surface area contributed by atoms with Gasteiger partial charge in [0.1, 0.15) is 0 Å². The molecule has 0 aromatic carbocycles. The lowest BCUT2D eigenvalue weighted by Gasteiger charge is -2.23. The van der Waals surface area contributed by atoms with Crippen molar-refractivity contribution < 1.29 is 0 Å². The highest BCUT2D eigenvalue weighted by Crippen LogP contribution is 2.30. The summed E-state index contributed by atoms with van der Waals surface area (Å²) in [5, 5.41) is 0.721. The SMILES string of the molecule is NCC1CCCc2ncc(Cl)cc21. The molecule has 1 aromatic rings. The molecule has 1 heterocycles. The van der Waals surface area contributed by atoms with Crippen molar-refractivity contribution >= 4 is 11.6 Å². The van der Waals surface area contributed by atoms with Crippen LogP contribution >= 0.6 is 11.6 Å². The Labute approximate surface area is 83.1 Å². The summed E-state index contributed by atoms with van der Waals surface area (Å²) >= 11 is 5.90. The Morgan fingerprint density at radius 3 is 3.23 bits per heavy atom. The third kappa shape index (κ3) is 1.69. The lowest BCUT2D eigenvalue weighted by atomic mass is 9.86. The molecule has 0 saturated carbocycles. The summed E-state index contributed by atoms with van der Waals surface area (Å²) in [7, 11) is 0. The average molecular weight is 197 g/mol. The van der Waals surface area contributed by atoms with Crippen molar-refractivity contribution in [2.45, 2.75) is 25.2 Å². The van der Waals surface area contributed by atoms with Crippen LogP contribution in [-0.4, -0.2) is 11.5 Å². The summed E-state index contributed by atoms with van der Waals surface area (Å²) in [5.74, 6) is 0.468. The minimum Gasteiger partial charge on any atom is -0.330 e. The molecule has 1 unspecified atom stereocenters. The zero-order valence-corrected chi connectivity index (χ0v) is 8.22. The number of nitrogens with two attached hydrogens (primary N) is 1. The maximum atomic E-state index is 5.90. The zero-order chi connectivity index (χ0) is 9.26. The van der Waals surface area contributed by atoms with Crippen LogP contribution in [0, 0.1) is 0 Å². The molecule has 13 heavy (non-hydrogen) atoms. The van der Waals surface area contributed by atoms with E-state index in [1.54, 1.807) is 6.20 Å². The number of nitrogens with zero attached hydrogens (tertiary/aromatic N) is 1. The van der Waals surface area contributed by atoms with Gasteiger partial charge in [-0.3, -0.25) is 4.98 Å². The Morgan fingerprint density at radius 2 is 2.46 bits per heavy atom. The highest BCUT2D eigenvalue weighted by Gasteiger charge is 2.19. The molecule has 2 rings (SSSR count). The van der Waals surface area contributed by atoms with Crippen LogP contribution in [0.4, 0.5) is 0 Å². The van der Waals surface area contributed by atoms with Crippen LogP contribution in [0.3, 0.4) is 0 Å². The number of hydrogen-bond donors (Lipinski definition) is 1. The van der Waals surface area contributed by atoms with Gasteiger partial charge in [-0.1, -0.05) is 11.6 Å². The predicted molar refractivity (Wildman–Crippen MR) is 54.0 cm³/mol. The number of pyridine rings is 1. The minimum absolute atomic E-state index is 0.468. The van der Waals surface area contributed by atoms with Crippen molar-refractivity contribution in [2.24, 2.45) is 5.73 Å². The molecule has 1 atom stereocenters. The number of rotatable bonds is 1. The minimum atomic E-state index is 0.468. The molecule has 2 N–H and O–H groups in total. The van der Waals surface area contributed by atoms with E-state index in [0.717, 1.165) is 11.4 Å². The molecule has 1 aromatic heterocycles. The second-order valence-electron chi connectivity index (χ2n) is 3.51. The van der Waals surface area contributed by atoms with Gasteiger partial charge in [0.25, 0.3) is 0 Å². The summed E-state index contributed by atoms with van der Waals surface area (Å²) in [6, 6.07) is 2.01. The molecule has 70 valence electrons. The topological polar surface area (TPSA) is 38.9 Å². The molecule has 1 aliphatic rings. The van der Waals surface area contributed by atoms with Gasteiger partial charge in [0.05, 0.1) is 5.02 Å². The number of aromatic nitrogens is 1. The van der Waals surface area contributed by atoms with Gasteiger partial charge < -0.3 is 5.73 Å². The monoisotopic (exact) mass is 196 g/mol. The van der Waals surface area contributed by atoms with Crippen LogP contribution in [0.1, 0.15) is 30.0 Å². The summed E-state index contributed by atoms with van der Waals surface area (Å²) in [4.78, 5) is 4.33. The Morgan fingerprint density at radius 1 is 1.62 bits per heavy atom. The van der Waals surface area contributed by atoms with E-state index < -0.39 is 0 Å². The van der Waals surface area contributed by atoms with Crippen molar-refractivity contribution in [3.8, 4) is 0 Å². The smallest absolute Gasteiger partial charge is 0.0592 e. The molecule has 3 heteroatoms. The molecule has 0 amide bonds. The first-order valence-electron chi connectivity index (χ1n) is 4.65. The fraction of sp³-hybridized carbons (Fsp3) is 0.500. The van der Waals surface area contributed by atoms with Gasteiger partial charge in [0.2, 0.25) is 0 Å². The van der Waals surface area contributed by atoms with Gasteiger partial charge in [0, 0.05) is 11.9 Å². The van der Waals surface area contributed by atoms with Crippen LogP contribution in [0.5, 0.6) is 0 Å². The fourth-order valence-electron chi connectivity index (χ4n) is 1.96. The number of fused-ring (bicyclic) bond motifs is 1. The van der Waals surface area contributed by atoms with Crippen molar-refractivity contribution in [1.82, 2.24) is 4.98 Å². The third-order valence-electron chi connectivity index (χ3n) is 2.66. The lowest BCUT2D eigenvalue weighted by Crippen LogP contribution is -2.19. The van der Waals surface area contributed by atoms with Gasteiger partial charge in [-0.2, -0.15) is 0 Å². The van der Waals surface area contributed by atoms with Crippen LogP contribution in [0.2, 0.25) is 5.02 Å². The molecule has 0 fully saturated rings. The van der Waals surface area contributed by atoms with Gasteiger partial charge in [-0.25, -0.2) is 0 Å². The quantitative estimate of drug-likeness (QED) is 0.748. The first kappa shape index (κ1) is 8.97. The second-order valence-corrected chi connectivity index (χ2v) is 3.95. The van der Waals surface area contributed by atoms with E-state index in [-0.39, 0.29) is 0 Å². The Bertz CT molecular complexity index is 312. The molecular weight excluding hydrogens is 184 g/mol. The maximum Gasteiger partial charge on any atom is 0.0592 e. The van der Waals surface area contributed by atoms with Crippen LogP contribution in [-0.2, 0) is 6.42 Å². The highest BCUT2D eigenvalue weighted by molar-refractivity contribution is 6.30. The number of aryl methyl sites for hydroxylation is 1. The molecule has 2 nitrogen and oxygen atoms in total. The standard InChI is InChI=1S/C10H13ClN2/c11-8-4-9-7(5-12)2-1-3-10(9)13-6-8/h4,6-7H,1-3,5,12H2. The zero-order valence-electron chi connectivity index (χ0n) is 7.46. The van der Waals surface area contributed by atoms with Crippen LogP contribution in [0.25, 0.3) is 0 Å². The Balaban J connectivity index is 2.41. The molecule has 0 saturated heterocycles. The van der Waals surface area contributed by atoms with E-state index in [2.05, 4.69) is 4.98 Å². The summed E-state index contributed by atoms with van der Waals surface area (Å²) in [6.45, 7) is 0.703. The summed E-state index contributed by atoms with van der Waals surface area (Å²) in [5.41, 5.74) is 8.15. The number of halogens is 1. The van der Waals surface area contributed by atoms with Gasteiger partial charge in [-0.05, 0) is 43.4 Å². The van der Waals surface area contributed by atoms with E-state index >= 15 is 0 Å². The third-order valence-corrected chi connectivity index (χ3v) is 2.87. The van der Waals surface area contributed by atoms with Crippen molar-refractivity contribution in [2.75, 3.05) is 6.54 Å². The van der Waals surface area contributed by atoms with Gasteiger partial charge in [0.15, 0.2) is 0 Å². The van der Waals surface area contributed by atoms with Crippen LogP contribution in [0.15, 0.2) is 12.3 Å². The lowest BCUT2D eigenvalue weighted by molar-refractivity contribution is 0.551. The molecule has 0 aliphatic heterocycles. The second kappa shape index (κ2) is 3.64. The Hall–Kier alpha value is -0.600. The highest BCUT2D eigenvalue weighted by atomic mass is 35.5. The van der Waals surface area contributed by atoms with E-state index in [1.165, 1.54) is 24.1 Å². The average Bonchev–Trinajstić information content (AvgIpc) is 2.17. The molecular formula is C10H13ClN2. The summed E-state index contributed by atoms with van der Waals surface area (Å²) < 4.78 is 0. The number of hydrogen-bond acceptors (Lipinski definition) is 2. The first-order chi connectivity index (χ1) is 6.31. The largest absolute Gasteiger partial charge is 0.330 e. The normalized spacial score (nSPS) is 21.2. The maximum absolute atomic E-state index is 5.90.